The highest BCUT2D eigenvalue weighted by Gasteiger charge is 2.28. The molecule has 8 heteroatoms. The number of ether oxygens (including phenoxy) is 1. The van der Waals surface area contributed by atoms with Gasteiger partial charge in [-0.2, -0.15) is 4.31 Å². The lowest BCUT2D eigenvalue weighted by Crippen LogP contribution is -2.48. The van der Waals surface area contributed by atoms with Crippen molar-refractivity contribution in [2.45, 2.75) is 25.2 Å². The Kier molecular flexibility index (Phi) is 6.20. The van der Waals surface area contributed by atoms with Crippen molar-refractivity contribution in [1.82, 2.24) is 9.21 Å². The molecule has 1 saturated heterocycles. The molecule has 0 aromatic heterocycles. The zero-order chi connectivity index (χ0) is 17.7. The van der Waals surface area contributed by atoms with Gasteiger partial charge in [-0.1, -0.05) is 6.92 Å². The number of hydrogen-bond donors (Lipinski definition) is 1. The molecule has 0 atom stereocenters. The zero-order valence-electron chi connectivity index (χ0n) is 14.4. The number of rotatable bonds is 6. The molecule has 7 nitrogen and oxygen atoms in total. The highest BCUT2D eigenvalue weighted by molar-refractivity contribution is 7.89. The Morgan fingerprint density at radius 2 is 1.92 bits per heavy atom. The topological polar surface area (TPSA) is 79.0 Å². The molecule has 1 N–H and O–H groups in total. The van der Waals surface area contributed by atoms with Crippen LogP contribution in [0.3, 0.4) is 0 Å². The third kappa shape index (κ3) is 4.25. The van der Waals surface area contributed by atoms with Crippen molar-refractivity contribution in [3.8, 4) is 5.75 Å². The molecule has 2 rings (SSSR count). The van der Waals surface area contributed by atoms with Gasteiger partial charge in [0.25, 0.3) is 0 Å². The molecule has 1 aliphatic rings. The number of anilines is 1. The first kappa shape index (κ1) is 18.7. The van der Waals surface area contributed by atoms with Crippen LogP contribution in [-0.4, -0.2) is 63.4 Å². The molecular formula is C16H25N3O4S. The van der Waals surface area contributed by atoms with Crippen LogP contribution in [0, 0.1) is 0 Å². The number of carbonyl (C=O) groups is 1. The van der Waals surface area contributed by atoms with E-state index in [1.165, 1.54) is 30.5 Å². The lowest BCUT2D eigenvalue weighted by atomic mass is 10.3. The van der Waals surface area contributed by atoms with E-state index < -0.39 is 10.0 Å². The normalized spacial score (nSPS) is 16.8. The molecule has 0 bridgehead atoms. The van der Waals surface area contributed by atoms with Crippen molar-refractivity contribution in [2.24, 2.45) is 0 Å². The highest BCUT2D eigenvalue weighted by Crippen LogP contribution is 2.29. The first-order valence-electron chi connectivity index (χ1n) is 8.06. The van der Waals surface area contributed by atoms with E-state index in [4.69, 9.17) is 4.74 Å². The summed E-state index contributed by atoms with van der Waals surface area (Å²) < 4.78 is 32.4. The summed E-state index contributed by atoms with van der Waals surface area (Å²) in [4.78, 5) is 13.6. The molecule has 1 fully saturated rings. The SMILES string of the molecule is CCCN1CCN(S(=O)(=O)c2ccc(NC(C)=O)c(OC)c2)CC1. The molecule has 1 amide bonds. The maximum atomic E-state index is 12.8. The van der Waals surface area contributed by atoms with E-state index in [0.29, 0.717) is 24.5 Å². The second kappa shape index (κ2) is 7.96. The standard InChI is InChI=1S/C16H25N3O4S/c1-4-7-18-8-10-19(11-9-18)24(21,22)14-5-6-15(17-13(2)20)16(12-14)23-3/h5-6,12H,4,7-11H2,1-3H3,(H,17,20). The minimum atomic E-state index is -3.56. The van der Waals surface area contributed by atoms with Gasteiger partial charge in [-0.25, -0.2) is 8.42 Å². The predicted octanol–water partition coefficient (Wildman–Crippen LogP) is 1.37. The van der Waals surface area contributed by atoms with E-state index in [2.05, 4.69) is 17.1 Å². The summed E-state index contributed by atoms with van der Waals surface area (Å²) in [6.45, 7) is 6.96. The second-order valence-electron chi connectivity index (χ2n) is 5.79. The Morgan fingerprint density at radius 3 is 2.46 bits per heavy atom. The van der Waals surface area contributed by atoms with Crippen LogP contribution in [0.4, 0.5) is 5.69 Å². The van der Waals surface area contributed by atoms with Crippen molar-refractivity contribution < 1.29 is 17.9 Å². The van der Waals surface area contributed by atoms with E-state index in [9.17, 15) is 13.2 Å². The predicted molar refractivity (Wildman–Crippen MR) is 92.8 cm³/mol. The van der Waals surface area contributed by atoms with Crippen LogP contribution in [-0.2, 0) is 14.8 Å². The van der Waals surface area contributed by atoms with Crippen molar-refractivity contribution in [3.05, 3.63) is 18.2 Å². The Labute approximate surface area is 143 Å². The van der Waals surface area contributed by atoms with Crippen LogP contribution >= 0.6 is 0 Å². The first-order valence-corrected chi connectivity index (χ1v) is 9.50. The number of benzene rings is 1. The highest BCUT2D eigenvalue weighted by atomic mass is 32.2. The van der Waals surface area contributed by atoms with Gasteiger partial charge in [0.2, 0.25) is 15.9 Å². The van der Waals surface area contributed by atoms with E-state index in [1.807, 2.05) is 0 Å². The second-order valence-corrected chi connectivity index (χ2v) is 7.73. The molecule has 134 valence electrons. The number of amides is 1. The van der Waals surface area contributed by atoms with Gasteiger partial charge in [0.1, 0.15) is 5.75 Å². The number of hydrogen-bond acceptors (Lipinski definition) is 5. The summed E-state index contributed by atoms with van der Waals surface area (Å²) in [5.74, 6) is 0.0897. The van der Waals surface area contributed by atoms with Crippen molar-refractivity contribution >= 4 is 21.6 Å². The van der Waals surface area contributed by atoms with Gasteiger partial charge in [0.05, 0.1) is 17.7 Å². The summed E-state index contributed by atoms with van der Waals surface area (Å²) in [5, 5.41) is 2.62. The average Bonchev–Trinajstić information content (AvgIpc) is 2.55. The molecule has 24 heavy (non-hydrogen) atoms. The van der Waals surface area contributed by atoms with Crippen LogP contribution in [0.25, 0.3) is 0 Å². The molecule has 1 aliphatic heterocycles. The largest absolute Gasteiger partial charge is 0.495 e. The van der Waals surface area contributed by atoms with Gasteiger partial charge in [-0.3, -0.25) is 4.79 Å². The summed E-state index contributed by atoms with van der Waals surface area (Å²) in [7, 11) is -2.12. The molecule has 0 spiro atoms. The van der Waals surface area contributed by atoms with Crippen LogP contribution in [0.1, 0.15) is 20.3 Å². The third-order valence-corrected chi connectivity index (χ3v) is 5.89. The van der Waals surface area contributed by atoms with E-state index in [0.717, 1.165) is 26.1 Å². The monoisotopic (exact) mass is 355 g/mol. The van der Waals surface area contributed by atoms with Crippen LogP contribution in [0.5, 0.6) is 5.75 Å². The molecule has 0 saturated carbocycles. The minimum absolute atomic E-state index is 0.178. The number of methoxy groups -OCH3 is 1. The summed E-state index contributed by atoms with van der Waals surface area (Å²) in [5.41, 5.74) is 0.455. The molecular weight excluding hydrogens is 330 g/mol. The zero-order valence-corrected chi connectivity index (χ0v) is 15.2. The lowest BCUT2D eigenvalue weighted by Gasteiger charge is -2.33. The molecule has 1 aromatic carbocycles. The van der Waals surface area contributed by atoms with E-state index in [-0.39, 0.29) is 10.8 Å². The molecule has 1 aromatic rings. The van der Waals surface area contributed by atoms with Gasteiger partial charge < -0.3 is 15.0 Å². The Hall–Kier alpha value is -1.64. The fourth-order valence-corrected chi connectivity index (χ4v) is 4.22. The van der Waals surface area contributed by atoms with Gasteiger partial charge >= 0.3 is 0 Å². The molecule has 1 heterocycles. The summed E-state index contributed by atoms with van der Waals surface area (Å²) >= 11 is 0. The molecule has 0 radical (unpaired) electrons. The van der Waals surface area contributed by atoms with Gasteiger partial charge in [0, 0.05) is 39.2 Å². The minimum Gasteiger partial charge on any atom is -0.495 e. The number of nitrogens with one attached hydrogen (secondary N) is 1. The quantitative estimate of drug-likeness (QED) is 0.834. The molecule has 0 unspecified atom stereocenters. The van der Waals surface area contributed by atoms with Crippen molar-refractivity contribution in [1.29, 1.82) is 0 Å². The lowest BCUT2D eigenvalue weighted by molar-refractivity contribution is -0.114. The molecule has 0 aliphatic carbocycles. The van der Waals surface area contributed by atoms with Crippen molar-refractivity contribution in [3.63, 3.8) is 0 Å². The fraction of sp³-hybridized carbons (Fsp3) is 0.562. The van der Waals surface area contributed by atoms with Crippen molar-refractivity contribution in [2.75, 3.05) is 45.2 Å². The fourth-order valence-electron chi connectivity index (χ4n) is 2.78. The van der Waals surface area contributed by atoms with Gasteiger partial charge in [-0.15, -0.1) is 0 Å². The number of nitrogens with zero attached hydrogens (tertiary/aromatic N) is 2. The summed E-state index contributed by atoms with van der Waals surface area (Å²) in [6.07, 6.45) is 1.06. The first-order chi connectivity index (χ1) is 11.4. The summed E-state index contributed by atoms with van der Waals surface area (Å²) in [6, 6.07) is 4.51. The average molecular weight is 355 g/mol. The maximum absolute atomic E-state index is 12.8. The Morgan fingerprint density at radius 1 is 1.25 bits per heavy atom. The number of piperazine rings is 1. The van der Waals surface area contributed by atoms with Crippen LogP contribution < -0.4 is 10.1 Å². The maximum Gasteiger partial charge on any atom is 0.243 e. The van der Waals surface area contributed by atoms with Gasteiger partial charge in [0.15, 0.2) is 0 Å². The number of sulfonamides is 1. The Balaban J connectivity index is 2.19. The van der Waals surface area contributed by atoms with Crippen LogP contribution in [0.15, 0.2) is 23.1 Å². The smallest absolute Gasteiger partial charge is 0.243 e. The van der Waals surface area contributed by atoms with Crippen LogP contribution in [0.2, 0.25) is 0 Å². The Bertz CT molecular complexity index is 683. The van der Waals surface area contributed by atoms with Gasteiger partial charge in [-0.05, 0) is 25.1 Å². The van der Waals surface area contributed by atoms with E-state index >= 15 is 0 Å². The van der Waals surface area contributed by atoms with E-state index in [1.54, 1.807) is 6.07 Å². The third-order valence-electron chi connectivity index (χ3n) is 3.99. The number of carbonyl (C=O) groups excluding carboxylic acids is 1.